The van der Waals surface area contributed by atoms with E-state index < -0.39 is 15.7 Å². The average Bonchev–Trinajstić information content (AvgIpc) is 2.42. The molecule has 6 heteroatoms. The molecule has 1 amide bonds. The van der Waals surface area contributed by atoms with Crippen LogP contribution in [0.2, 0.25) is 0 Å². The lowest BCUT2D eigenvalue weighted by Gasteiger charge is -2.21. The standard InChI is InChI=1S/C16H24FNO3S/c1-4-5-6-7-10-18(13(2)19)12-14-8-9-15(11-16(14)17)22(3,20)21/h8-9,11H,4-7,10,12H2,1-3H3. The Kier molecular flexibility index (Phi) is 7.00. The average molecular weight is 329 g/mol. The quantitative estimate of drug-likeness (QED) is 0.688. The molecule has 0 fully saturated rings. The molecule has 22 heavy (non-hydrogen) atoms. The molecule has 0 aliphatic heterocycles. The molecule has 0 saturated heterocycles. The molecule has 0 aliphatic carbocycles. The first-order valence-electron chi connectivity index (χ1n) is 7.49. The van der Waals surface area contributed by atoms with E-state index in [1.165, 1.54) is 19.1 Å². The Morgan fingerprint density at radius 1 is 1.23 bits per heavy atom. The molecule has 0 saturated carbocycles. The first-order valence-corrected chi connectivity index (χ1v) is 9.38. The molecular formula is C16H24FNO3S. The van der Waals surface area contributed by atoms with Gasteiger partial charge in [0, 0.05) is 31.8 Å². The second kappa shape index (κ2) is 8.27. The van der Waals surface area contributed by atoms with E-state index in [0.717, 1.165) is 38.0 Å². The van der Waals surface area contributed by atoms with Gasteiger partial charge in [0.2, 0.25) is 5.91 Å². The van der Waals surface area contributed by atoms with Crippen LogP contribution in [0.15, 0.2) is 23.1 Å². The third-order valence-electron chi connectivity index (χ3n) is 3.54. The fraction of sp³-hybridized carbons (Fsp3) is 0.562. The molecule has 0 aliphatic rings. The van der Waals surface area contributed by atoms with Crippen molar-refractivity contribution in [1.82, 2.24) is 4.90 Å². The summed E-state index contributed by atoms with van der Waals surface area (Å²) < 4.78 is 36.8. The highest BCUT2D eigenvalue weighted by Crippen LogP contribution is 2.17. The molecule has 0 radical (unpaired) electrons. The molecule has 1 aromatic carbocycles. The van der Waals surface area contributed by atoms with Crippen LogP contribution in [0, 0.1) is 5.82 Å². The Morgan fingerprint density at radius 3 is 2.41 bits per heavy atom. The molecule has 0 heterocycles. The van der Waals surface area contributed by atoms with Crippen LogP contribution in [0.5, 0.6) is 0 Å². The molecule has 1 rings (SSSR count). The molecule has 0 bridgehead atoms. The molecule has 0 N–H and O–H groups in total. The Labute approximate surface area is 132 Å². The number of amides is 1. The number of unbranched alkanes of at least 4 members (excludes halogenated alkanes) is 3. The summed E-state index contributed by atoms with van der Waals surface area (Å²) in [6.07, 6.45) is 5.19. The van der Waals surface area contributed by atoms with E-state index >= 15 is 0 Å². The second-order valence-electron chi connectivity index (χ2n) is 5.53. The van der Waals surface area contributed by atoms with Crippen molar-refractivity contribution in [3.05, 3.63) is 29.6 Å². The van der Waals surface area contributed by atoms with Crippen molar-refractivity contribution in [1.29, 1.82) is 0 Å². The van der Waals surface area contributed by atoms with Gasteiger partial charge in [-0.2, -0.15) is 0 Å². The van der Waals surface area contributed by atoms with Crippen LogP contribution in [0.3, 0.4) is 0 Å². The van der Waals surface area contributed by atoms with Gasteiger partial charge in [-0.15, -0.1) is 0 Å². The lowest BCUT2D eigenvalue weighted by atomic mass is 10.1. The van der Waals surface area contributed by atoms with Crippen molar-refractivity contribution in [2.24, 2.45) is 0 Å². The van der Waals surface area contributed by atoms with Crippen molar-refractivity contribution in [3.8, 4) is 0 Å². The molecule has 0 spiro atoms. The first-order chi connectivity index (χ1) is 10.3. The minimum atomic E-state index is -3.43. The predicted molar refractivity (Wildman–Crippen MR) is 84.7 cm³/mol. The summed E-state index contributed by atoms with van der Waals surface area (Å²) in [6, 6.07) is 3.83. The number of nitrogens with zero attached hydrogens (tertiary/aromatic N) is 1. The van der Waals surface area contributed by atoms with Crippen LogP contribution >= 0.6 is 0 Å². The number of benzene rings is 1. The Balaban J connectivity index is 2.79. The zero-order valence-electron chi connectivity index (χ0n) is 13.4. The lowest BCUT2D eigenvalue weighted by Crippen LogP contribution is -2.29. The van der Waals surface area contributed by atoms with Crippen molar-refractivity contribution in [2.45, 2.75) is 51.0 Å². The van der Waals surface area contributed by atoms with E-state index in [-0.39, 0.29) is 17.3 Å². The van der Waals surface area contributed by atoms with Crippen LogP contribution < -0.4 is 0 Å². The maximum Gasteiger partial charge on any atom is 0.219 e. The number of carbonyl (C=O) groups excluding carboxylic acids is 1. The lowest BCUT2D eigenvalue weighted by molar-refractivity contribution is -0.129. The molecular weight excluding hydrogens is 305 g/mol. The summed E-state index contributed by atoms with van der Waals surface area (Å²) >= 11 is 0. The van der Waals surface area contributed by atoms with Gasteiger partial charge in [-0.3, -0.25) is 4.79 Å². The fourth-order valence-corrected chi connectivity index (χ4v) is 2.80. The smallest absolute Gasteiger partial charge is 0.219 e. The Morgan fingerprint density at radius 2 is 1.91 bits per heavy atom. The van der Waals surface area contributed by atoms with Crippen LogP contribution in [-0.4, -0.2) is 32.0 Å². The minimum Gasteiger partial charge on any atom is -0.339 e. The van der Waals surface area contributed by atoms with E-state index in [0.29, 0.717) is 12.1 Å². The monoisotopic (exact) mass is 329 g/mol. The van der Waals surface area contributed by atoms with Crippen LogP contribution in [0.25, 0.3) is 0 Å². The van der Waals surface area contributed by atoms with Gasteiger partial charge in [0.1, 0.15) is 5.82 Å². The Bertz CT molecular complexity index is 614. The third kappa shape index (κ3) is 5.75. The zero-order valence-corrected chi connectivity index (χ0v) is 14.2. The zero-order chi connectivity index (χ0) is 16.8. The molecule has 1 aromatic rings. The highest BCUT2D eigenvalue weighted by atomic mass is 32.2. The molecule has 4 nitrogen and oxygen atoms in total. The summed E-state index contributed by atoms with van der Waals surface area (Å²) in [6.45, 7) is 4.32. The highest BCUT2D eigenvalue weighted by molar-refractivity contribution is 7.90. The molecule has 0 atom stereocenters. The highest BCUT2D eigenvalue weighted by Gasteiger charge is 2.15. The SMILES string of the molecule is CCCCCCN(Cc1ccc(S(C)(=O)=O)cc1F)C(C)=O. The van der Waals surface area contributed by atoms with Gasteiger partial charge < -0.3 is 4.90 Å². The van der Waals surface area contributed by atoms with Gasteiger partial charge >= 0.3 is 0 Å². The van der Waals surface area contributed by atoms with Crippen molar-refractivity contribution < 1.29 is 17.6 Å². The number of rotatable bonds is 8. The minimum absolute atomic E-state index is 0.0499. The van der Waals surface area contributed by atoms with Gasteiger partial charge in [0.05, 0.1) is 4.90 Å². The maximum absolute atomic E-state index is 14.0. The molecule has 0 aromatic heterocycles. The van der Waals surface area contributed by atoms with E-state index in [4.69, 9.17) is 0 Å². The Hall–Kier alpha value is -1.43. The predicted octanol–water partition coefficient (Wildman–Crippen LogP) is 3.16. The van der Waals surface area contributed by atoms with Gasteiger partial charge in [0.25, 0.3) is 0 Å². The van der Waals surface area contributed by atoms with Crippen LogP contribution in [-0.2, 0) is 21.2 Å². The van der Waals surface area contributed by atoms with E-state index in [1.54, 1.807) is 4.90 Å². The van der Waals surface area contributed by atoms with E-state index in [2.05, 4.69) is 6.92 Å². The van der Waals surface area contributed by atoms with Crippen molar-refractivity contribution >= 4 is 15.7 Å². The normalized spacial score (nSPS) is 11.5. The number of sulfone groups is 1. The maximum atomic E-state index is 14.0. The third-order valence-corrected chi connectivity index (χ3v) is 4.65. The largest absolute Gasteiger partial charge is 0.339 e. The van der Waals surface area contributed by atoms with Gasteiger partial charge in [-0.05, 0) is 18.6 Å². The van der Waals surface area contributed by atoms with Gasteiger partial charge in [0.15, 0.2) is 9.84 Å². The first kappa shape index (κ1) is 18.6. The summed E-state index contributed by atoms with van der Waals surface area (Å²) in [5, 5.41) is 0. The number of hydrogen-bond donors (Lipinski definition) is 0. The van der Waals surface area contributed by atoms with Gasteiger partial charge in [-0.25, -0.2) is 12.8 Å². The van der Waals surface area contributed by atoms with Gasteiger partial charge in [-0.1, -0.05) is 32.3 Å². The number of hydrogen-bond acceptors (Lipinski definition) is 3. The second-order valence-corrected chi connectivity index (χ2v) is 7.54. The summed E-state index contributed by atoms with van der Waals surface area (Å²) in [4.78, 5) is 13.2. The van der Waals surface area contributed by atoms with E-state index in [9.17, 15) is 17.6 Å². The van der Waals surface area contributed by atoms with Crippen molar-refractivity contribution in [3.63, 3.8) is 0 Å². The van der Waals surface area contributed by atoms with Crippen LogP contribution in [0.1, 0.15) is 45.1 Å². The summed E-state index contributed by atoms with van der Waals surface area (Å²) in [5.74, 6) is -0.703. The number of halogens is 1. The molecule has 124 valence electrons. The van der Waals surface area contributed by atoms with Crippen molar-refractivity contribution in [2.75, 3.05) is 12.8 Å². The number of carbonyl (C=O) groups is 1. The summed E-state index contributed by atoms with van der Waals surface area (Å²) in [7, 11) is -3.43. The fourth-order valence-electron chi connectivity index (χ4n) is 2.17. The molecule has 0 unspecified atom stereocenters. The van der Waals surface area contributed by atoms with Crippen LogP contribution in [0.4, 0.5) is 4.39 Å². The summed E-state index contributed by atoms with van der Waals surface area (Å²) in [5.41, 5.74) is 0.332. The van der Waals surface area contributed by atoms with E-state index in [1.807, 2.05) is 0 Å². The topological polar surface area (TPSA) is 54.5 Å².